The Balaban J connectivity index is 2.41. The van der Waals surface area contributed by atoms with Gasteiger partial charge in [0.25, 0.3) is 0 Å². The zero-order chi connectivity index (χ0) is 10.7. The normalized spacial score (nSPS) is 10.8. The van der Waals surface area contributed by atoms with Gasteiger partial charge >= 0.3 is 0 Å². The summed E-state index contributed by atoms with van der Waals surface area (Å²) in [6.45, 7) is 5.64. The van der Waals surface area contributed by atoms with Crippen LogP contribution in [0.25, 0.3) is 10.8 Å². The number of rotatable bonds is 3. The van der Waals surface area contributed by atoms with Gasteiger partial charge in [-0.3, -0.25) is 0 Å². The molecule has 0 aromatic heterocycles. The Hall–Kier alpha value is -1.34. The van der Waals surface area contributed by atoms with E-state index in [9.17, 15) is 0 Å². The van der Waals surface area contributed by atoms with Crippen molar-refractivity contribution in [1.29, 1.82) is 0 Å². The minimum absolute atomic E-state index is 0.709. The van der Waals surface area contributed by atoms with Crippen molar-refractivity contribution < 1.29 is 4.74 Å². The summed E-state index contributed by atoms with van der Waals surface area (Å²) in [6.07, 6.45) is 0. The molecule has 0 fully saturated rings. The average Bonchev–Trinajstić information content (AvgIpc) is 2.27. The number of hydrogen-bond donors (Lipinski definition) is 0. The molecule has 0 bridgehead atoms. The molecular formula is C14H16O. The van der Waals surface area contributed by atoms with Crippen molar-refractivity contribution in [3.63, 3.8) is 0 Å². The fourth-order valence-corrected chi connectivity index (χ4v) is 1.79. The zero-order valence-corrected chi connectivity index (χ0v) is 9.29. The second-order valence-electron chi connectivity index (χ2n) is 3.77. The first-order valence-electron chi connectivity index (χ1n) is 5.37. The van der Waals surface area contributed by atoms with Gasteiger partial charge in [-0.15, -0.1) is 0 Å². The van der Waals surface area contributed by atoms with Crippen molar-refractivity contribution in [1.82, 2.24) is 0 Å². The average molecular weight is 200 g/mol. The summed E-state index contributed by atoms with van der Waals surface area (Å²) < 4.78 is 5.41. The van der Waals surface area contributed by atoms with Crippen LogP contribution in [0.3, 0.4) is 0 Å². The third kappa shape index (κ3) is 2.18. The van der Waals surface area contributed by atoms with Gasteiger partial charge in [0.05, 0.1) is 6.61 Å². The molecule has 78 valence electrons. The van der Waals surface area contributed by atoms with Gasteiger partial charge in [0, 0.05) is 6.61 Å². The second-order valence-corrected chi connectivity index (χ2v) is 3.77. The molecule has 0 unspecified atom stereocenters. The molecule has 2 aromatic carbocycles. The van der Waals surface area contributed by atoms with Gasteiger partial charge in [0.2, 0.25) is 0 Å². The van der Waals surface area contributed by atoms with Crippen LogP contribution in [0.15, 0.2) is 36.4 Å². The fraction of sp³-hybridized carbons (Fsp3) is 0.286. The first-order chi connectivity index (χ1) is 7.31. The van der Waals surface area contributed by atoms with E-state index in [1.807, 2.05) is 6.92 Å². The molecule has 2 aromatic rings. The molecule has 0 aliphatic carbocycles. The van der Waals surface area contributed by atoms with Crippen LogP contribution in [-0.4, -0.2) is 6.61 Å². The Morgan fingerprint density at radius 3 is 2.80 bits per heavy atom. The molecule has 15 heavy (non-hydrogen) atoms. The van der Waals surface area contributed by atoms with Crippen LogP contribution in [0.4, 0.5) is 0 Å². The van der Waals surface area contributed by atoms with Crippen molar-refractivity contribution in [2.75, 3.05) is 6.61 Å². The number of hydrogen-bond acceptors (Lipinski definition) is 1. The van der Waals surface area contributed by atoms with E-state index in [0.717, 1.165) is 6.61 Å². The largest absolute Gasteiger partial charge is 0.377 e. The van der Waals surface area contributed by atoms with Gasteiger partial charge in [0.15, 0.2) is 0 Å². The van der Waals surface area contributed by atoms with E-state index in [1.165, 1.54) is 21.9 Å². The molecule has 1 heteroatoms. The summed E-state index contributed by atoms with van der Waals surface area (Å²) in [4.78, 5) is 0. The molecule has 0 atom stereocenters. The Labute approximate surface area is 90.7 Å². The maximum absolute atomic E-state index is 5.41. The molecule has 0 aliphatic rings. The zero-order valence-electron chi connectivity index (χ0n) is 9.29. The SMILES string of the molecule is CCOCc1ccc2cccc(C)c2c1. The lowest BCUT2D eigenvalue weighted by Gasteiger charge is -2.05. The first kappa shape index (κ1) is 10.2. The highest BCUT2D eigenvalue weighted by Crippen LogP contribution is 2.20. The van der Waals surface area contributed by atoms with E-state index in [4.69, 9.17) is 4.74 Å². The monoisotopic (exact) mass is 200 g/mol. The first-order valence-corrected chi connectivity index (χ1v) is 5.37. The number of fused-ring (bicyclic) bond motifs is 1. The summed E-state index contributed by atoms with van der Waals surface area (Å²) in [7, 11) is 0. The van der Waals surface area contributed by atoms with Crippen LogP contribution in [-0.2, 0) is 11.3 Å². The summed E-state index contributed by atoms with van der Waals surface area (Å²) >= 11 is 0. The van der Waals surface area contributed by atoms with E-state index >= 15 is 0 Å². The van der Waals surface area contributed by atoms with Gasteiger partial charge in [-0.1, -0.05) is 30.3 Å². The van der Waals surface area contributed by atoms with Crippen LogP contribution in [0.1, 0.15) is 18.1 Å². The quantitative estimate of drug-likeness (QED) is 0.734. The minimum atomic E-state index is 0.709. The predicted octanol–water partition coefficient (Wildman–Crippen LogP) is 3.68. The number of aryl methyl sites for hydroxylation is 1. The van der Waals surface area contributed by atoms with Crippen LogP contribution in [0, 0.1) is 6.92 Å². The van der Waals surface area contributed by atoms with E-state index in [1.54, 1.807) is 0 Å². The third-order valence-electron chi connectivity index (χ3n) is 2.64. The summed E-state index contributed by atoms with van der Waals surface area (Å²) in [6, 6.07) is 12.9. The molecule has 0 aliphatic heterocycles. The molecule has 0 heterocycles. The maximum Gasteiger partial charge on any atom is 0.0716 e. The van der Waals surface area contributed by atoms with Gasteiger partial charge in [-0.05, 0) is 41.8 Å². The predicted molar refractivity (Wildman–Crippen MR) is 64.0 cm³/mol. The Morgan fingerprint density at radius 2 is 2.00 bits per heavy atom. The molecular weight excluding hydrogens is 184 g/mol. The van der Waals surface area contributed by atoms with Gasteiger partial charge in [0.1, 0.15) is 0 Å². The number of benzene rings is 2. The Bertz CT molecular complexity index is 460. The van der Waals surface area contributed by atoms with Crippen molar-refractivity contribution >= 4 is 10.8 Å². The smallest absolute Gasteiger partial charge is 0.0716 e. The Morgan fingerprint density at radius 1 is 1.13 bits per heavy atom. The summed E-state index contributed by atoms with van der Waals surface area (Å²) in [5.41, 5.74) is 2.57. The lowest BCUT2D eigenvalue weighted by molar-refractivity contribution is 0.134. The van der Waals surface area contributed by atoms with Crippen molar-refractivity contribution in [2.24, 2.45) is 0 Å². The lowest BCUT2D eigenvalue weighted by atomic mass is 10.0. The molecule has 0 spiro atoms. The molecule has 0 radical (unpaired) electrons. The van der Waals surface area contributed by atoms with Gasteiger partial charge in [-0.2, -0.15) is 0 Å². The van der Waals surface area contributed by atoms with E-state index in [2.05, 4.69) is 43.3 Å². The maximum atomic E-state index is 5.41. The highest BCUT2D eigenvalue weighted by Gasteiger charge is 1.98. The molecule has 0 saturated heterocycles. The van der Waals surface area contributed by atoms with Crippen LogP contribution >= 0.6 is 0 Å². The fourth-order valence-electron chi connectivity index (χ4n) is 1.79. The highest BCUT2D eigenvalue weighted by atomic mass is 16.5. The topological polar surface area (TPSA) is 9.23 Å². The molecule has 2 rings (SSSR count). The van der Waals surface area contributed by atoms with E-state index in [-0.39, 0.29) is 0 Å². The lowest BCUT2D eigenvalue weighted by Crippen LogP contribution is -1.91. The van der Waals surface area contributed by atoms with Gasteiger partial charge < -0.3 is 4.74 Å². The third-order valence-corrected chi connectivity index (χ3v) is 2.64. The van der Waals surface area contributed by atoms with Crippen molar-refractivity contribution in [3.05, 3.63) is 47.5 Å². The highest BCUT2D eigenvalue weighted by molar-refractivity contribution is 5.86. The van der Waals surface area contributed by atoms with Crippen LogP contribution in [0.5, 0.6) is 0 Å². The van der Waals surface area contributed by atoms with Crippen LogP contribution in [0.2, 0.25) is 0 Å². The molecule has 1 nitrogen and oxygen atoms in total. The van der Waals surface area contributed by atoms with E-state index in [0.29, 0.717) is 6.61 Å². The van der Waals surface area contributed by atoms with Crippen molar-refractivity contribution in [3.8, 4) is 0 Å². The Kier molecular flexibility index (Phi) is 3.02. The van der Waals surface area contributed by atoms with Gasteiger partial charge in [-0.25, -0.2) is 0 Å². The molecule has 0 saturated carbocycles. The van der Waals surface area contributed by atoms with E-state index < -0.39 is 0 Å². The summed E-state index contributed by atoms with van der Waals surface area (Å²) in [5.74, 6) is 0. The number of ether oxygens (including phenoxy) is 1. The minimum Gasteiger partial charge on any atom is -0.377 e. The molecule has 0 N–H and O–H groups in total. The second kappa shape index (κ2) is 4.45. The molecule has 0 amide bonds. The van der Waals surface area contributed by atoms with Crippen LogP contribution < -0.4 is 0 Å². The van der Waals surface area contributed by atoms with Crippen molar-refractivity contribution in [2.45, 2.75) is 20.5 Å². The summed E-state index contributed by atoms with van der Waals surface area (Å²) in [5, 5.41) is 2.63. The standard InChI is InChI=1S/C14H16O/c1-3-15-10-12-7-8-13-6-4-5-11(2)14(13)9-12/h4-9H,3,10H2,1-2H3.